The molecule has 1 atom stereocenters. The maximum Gasteiger partial charge on any atom is 0.115 e. The van der Waals surface area contributed by atoms with Gasteiger partial charge >= 0.3 is 0 Å². The second-order valence-electron chi connectivity index (χ2n) is 4.60. The number of phenols is 1. The molecule has 1 aromatic heterocycles. The number of hydrogen-bond donors (Lipinski definition) is 2. The molecule has 94 valence electrons. The summed E-state index contributed by atoms with van der Waals surface area (Å²) in [4.78, 5) is 4.26. The van der Waals surface area contributed by atoms with Crippen molar-refractivity contribution in [3.05, 3.63) is 53.9 Å². The summed E-state index contributed by atoms with van der Waals surface area (Å²) in [6, 6.07) is 11.7. The zero-order valence-corrected chi connectivity index (χ0v) is 10.7. The molecule has 0 aliphatic rings. The Balaban J connectivity index is 1.94. The zero-order valence-electron chi connectivity index (χ0n) is 10.7. The summed E-state index contributed by atoms with van der Waals surface area (Å²) < 4.78 is 0. The van der Waals surface area contributed by atoms with Gasteiger partial charge in [0.25, 0.3) is 0 Å². The van der Waals surface area contributed by atoms with E-state index in [1.165, 1.54) is 5.56 Å². The first-order valence-electron chi connectivity index (χ1n) is 6.10. The Kier molecular flexibility index (Phi) is 3.82. The third-order valence-corrected chi connectivity index (χ3v) is 2.80. The molecule has 2 aromatic rings. The molecule has 0 fully saturated rings. The maximum absolute atomic E-state index is 9.23. The second kappa shape index (κ2) is 5.54. The highest BCUT2D eigenvalue weighted by Gasteiger charge is 2.04. The van der Waals surface area contributed by atoms with Crippen LogP contribution in [0.3, 0.4) is 0 Å². The maximum atomic E-state index is 9.23. The van der Waals surface area contributed by atoms with Crippen molar-refractivity contribution in [1.29, 1.82) is 0 Å². The number of anilines is 1. The lowest BCUT2D eigenvalue weighted by Crippen LogP contribution is -2.18. The van der Waals surface area contributed by atoms with Gasteiger partial charge in [0.15, 0.2) is 0 Å². The van der Waals surface area contributed by atoms with E-state index in [9.17, 15) is 5.11 Å². The molecule has 3 heteroatoms. The molecule has 3 nitrogen and oxygen atoms in total. The quantitative estimate of drug-likeness (QED) is 0.865. The number of hydrogen-bond acceptors (Lipinski definition) is 3. The molecule has 1 aromatic carbocycles. The van der Waals surface area contributed by atoms with Crippen molar-refractivity contribution in [3.8, 4) is 5.75 Å². The van der Waals surface area contributed by atoms with Crippen molar-refractivity contribution in [2.45, 2.75) is 26.3 Å². The predicted octanol–water partition coefficient (Wildman–Crippen LogP) is 3.14. The van der Waals surface area contributed by atoms with Crippen molar-refractivity contribution in [2.75, 3.05) is 5.32 Å². The summed E-state index contributed by atoms with van der Waals surface area (Å²) >= 11 is 0. The Hall–Kier alpha value is -2.03. The first-order valence-corrected chi connectivity index (χ1v) is 6.10. The Bertz CT molecular complexity index is 443. The van der Waals surface area contributed by atoms with E-state index in [2.05, 4.69) is 17.2 Å². The van der Waals surface area contributed by atoms with E-state index in [0.717, 1.165) is 17.8 Å². The van der Waals surface area contributed by atoms with E-state index in [0.29, 0.717) is 11.8 Å². The fourth-order valence-electron chi connectivity index (χ4n) is 1.87. The third-order valence-electron chi connectivity index (χ3n) is 2.80. The average Bonchev–Trinajstić information content (AvgIpc) is 2.35. The highest BCUT2D eigenvalue weighted by molar-refractivity contribution is 5.42. The normalized spacial score (nSPS) is 12.1. The topological polar surface area (TPSA) is 45.1 Å². The minimum absolute atomic E-state index is 0.307. The van der Waals surface area contributed by atoms with Crippen LogP contribution >= 0.6 is 0 Å². The Labute approximate surface area is 108 Å². The standard InChI is InChI=1S/C15H18N2O/c1-11-3-6-14(10-16-11)17-12(2)9-13-4-7-15(18)8-5-13/h3-8,10,12,17-18H,9H2,1-2H3. The van der Waals surface area contributed by atoms with Crippen molar-refractivity contribution < 1.29 is 5.11 Å². The van der Waals surface area contributed by atoms with Crippen molar-refractivity contribution in [1.82, 2.24) is 4.98 Å². The van der Waals surface area contributed by atoms with Crippen LogP contribution in [0, 0.1) is 6.92 Å². The molecule has 0 saturated carbocycles. The first-order chi connectivity index (χ1) is 8.63. The van der Waals surface area contributed by atoms with Gasteiger partial charge in [-0.2, -0.15) is 0 Å². The monoisotopic (exact) mass is 242 g/mol. The van der Waals surface area contributed by atoms with Gasteiger partial charge < -0.3 is 10.4 Å². The van der Waals surface area contributed by atoms with Crippen LogP contribution in [-0.4, -0.2) is 16.1 Å². The number of pyridine rings is 1. The smallest absolute Gasteiger partial charge is 0.115 e. The largest absolute Gasteiger partial charge is 0.508 e. The molecule has 0 aliphatic heterocycles. The van der Waals surface area contributed by atoms with Crippen molar-refractivity contribution >= 4 is 5.69 Å². The second-order valence-corrected chi connectivity index (χ2v) is 4.60. The summed E-state index contributed by atoms with van der Waals surface area (Å²) in [5.41, 5.74) is 3.26. The van der Waals surface area contributed by atoms with E-state index in [1.807, 2.05) is 37.4 Å². The SMILES string of the molecule is Cc1ccc(NC(C)Cc2ccc(O)cc2)cn1. The number of rotatable bonds is 4. The number of nitrogens with zero attached hydrogens (tertiary/aromatic N) is 1. The third kappa shape index (κ3) is 3.48. The summed E-state index contributed by atoms with van der Waals surface area (Å²) in [5.74, 6) is 0.307. The van der Waals surface area contributed by atoms with Crippen LogP contribution in [0.1, 0.15) is 18.2 Å². The highest BCUT2D eigenvalue weighted by atomic mass is 16.3. The Morgan fingerprint density at radius 3 is 2.50 bits per heavy atom. The number of nitrogens with one attached hydrogen (secondary N) is 1. The molecule has 0 aliphatic carbocycles. The van der Waals surface area contributed by atoms with E-state index in [1.54, 1.807) is 12.1 Å². The first kappa shape index (κ1) is 12.4. The lowest BCUT2D eigenvalue weighted by atomic mass is 10.1. The number of aromatic nitrogens is 1. The summed E-state index contributed by atoms with van der Waals surface area (Å²) in [5, 5.41) is 12.6. The molecule has 0 spiro atoms. The Morgan fingerprint density at radius 2 is 1.89 bits per heavy atom. The molecule has 0 saturated heterocycles. The van der Waals surface area contributed by atoms with E-state index in [4.69, 9.17) is 0 Å². The molecule has 2 rings (SSSR count). The molecule has 2 N–H and O–H groups in total. The lowest BCUT2D eigenvalue weighted by molar-refractivity contribution is 0.475. The molecule has 1 heterocycles. The molecule has 1 unspecified atom stereocenters. The van der Waals surface area contributed by atoms with Gasteiger partial charge in [0.05, 0.1) is 11.9 Å². The van der Waals surface area contributed by atoms with Gasteiger partial charge in [-0.05, 0) is 50.1 Å². The van der Waals surface area contributed by atoms with Crippen LogP contribution < -0.4 is 5.32 Å². The van der Waals surface area contributed by atoms with Gasteiger partial charge in [0.1, 0.15) is 5.75 Å². The minimum Gasteiger partial charge on any atom is -0.508 e. The molecular formula is C15H18N2O. The molecule has 0 bridgehead atoms. The van der Waals surface area contributed by atoms with Crippen LogP contribution in [0.25, 0.3) is 0 Å². The zero-order chi connectivity index (χ0) is 13.0. The summed E-state index contributed by atoms with van der Waals surface area (Å²) in [7, 11) is 0. The van der Waals surface area contributed by atoms with Crippen LogP contribution in [0.4, 0.5) is 5.69 Å². The van der Waals surface area contributed by atoms with E-state index >= 15 is 0 Å². The number of aromatic hydroxyl groups is 1. The van der Waals surface area contributed by atoms with E-state index in [-0.39, 0.29) is 0 Å². The molecule has 18 heavy (non-hydrogen) atoms. The number of phenolic OH excluding ortho intramolecular Hbond substituents is 1. The van der Waals surface area contributed by atoms with Gasteiger partial charge in [-0.1, -0.05) is 12.1 Å². The van der Waals surface area contributed by atoms with Gasteiger partial charge in [0, 0.05) is 11.7 Å². The van der Waals surface area contributed by atoms with Gasteiger partial charge in [-0.3, -0.25) is 4.98 Å². The number of benzene rings is 1. The number of aryl methyl sites for hydroxylation is 1. The van der Waals surface area contributed by atoms with Gasteiger partial charge in [0.2, 0.25) is 0 Å². The van der Waals surface area contributed by atoms with Gasteiger partial charge in [-0.25, -0.2) is 0 Å². The molecule has 0 radical (unpaired) electrons. The van der Waals surface area contributed by atoms with Crippen LogP contribution in [-0.2, 0) is 6.42 Å². The fourth-order valence-corrected chi connectivity index (χ4v) is 1.87. The molecule has 0 amide bonds. The van der Waals surface area contributed by atoms with Crippen LogP contribution in [0.2, 0.25) is 0 Å². The Morgan fingerprint density at radius 1 is 1.17 bits per heavy atom. The average molecular weight is 242 g/mol. The van der Waals surface area contributed by atoms with Crippen LogP contribution in [0.15, 0.2) is 42.6 Å². The summed E-state index contributed by atoms with van der Waals surface area (Å²) in [6.07, 6.45) is 2.76. The van der Waals surface area contributed by atoms with E-state index < -0.39 is 0 Å². The fraction of sp³-hybridized carbons (Fsp3) is 0.267. The van der Waals surface area contributed by atoms with Crippen LogP contribution in [0.5, 0.6) is 5.75 Å². The highest BCUT2D eigenvalue weighted by Crippen LogP contribution is 2.13. The lowest BCUT2D eigenvalue weighted by Gasteiger charge is -2.15. The molecular weight excluding hydrogens is 224 g/mol. The van der Waals surface area contributed by atoms with Crippen molar-refractivity contribution in [2.24, 2.45) is 0 Å². The van der Waals surface area contributed by atoms with Gasteiger partial charge in [-0.15, -0.1) is 0 Å². The predicted molar refractivity (Wildman–Crippen MR) is 73.9 cm³/mol. The minimum atomic E-state index is 0.307. The van der Waals surface area contributed by atoms with Crippen molar-refractivity contribution in [3.63, 3.8) is 0 Å². The summed E-state index contributed by atoms with van der Waals surface area (Å²) in [6.45, 7) is 4.11.